The van der Waals surface area contributed by atoms with E-state index in [0.29, 0.717) is 30.0 Å². The number of likely N-dealkylation sites (tertiary alicyclic amines) is 1. The van der Waals surface area contributed by atoms with Gasteiger partial charge in [0.25, 0.3) is 0 Å². The van der Waals surface area contributed by atoms with Crippen LogP contribution in [0, 0.1) is 0 Å². The van der Waals surface area contributed by atoms with Crippen molar-refractivity contribution in [3.8, 4) is 0 Å². The molecule has 3 aromatic rings. The first-order chi connectivity index (χ1) is 15.0. The molecular weight excluding hydrogens is 419 g/mol. The second-order valence-electron chi connectivity index (χ2n) is 9.21. The molecule has 32 heavy (non-hydrogen) atoms. The molecule has 0 unspecified atom stereocenters. The van der Waals surface area contributed by atoms with Gasteiger partial charge in [-0.2, -0.15) is 18.3 Å². The molecule has 0 spiro atoms. The van der Waals surface area contributed by atoms with Gasteiger partial charge in [-0.15, -0.1) is 0 Å². The van der Waals surface area contributed by atoms with Crippen LogP contribution in [0.5, 0.6) is 0 Å². The van der Waals surface area contributed by atoms with E-state index in [1.165, 1.54) is 0 Å². The van der Waals surface area contributed by atoms with E-state index >= 15 is 0 Å². The number of alkyl halides is 3. The molecule has 9 heteroatoms. The smallest absolute Gasteiger partial charge is 0.334 e. The van der Waals surface area contributed by atoms with E-state index in [1.807, 2.05) is 26.8 Å². The maximum Gasteiger partial charge on any atom is 0.433 e. The molecular formula is C23H26F3N5O. The number of halogens is 3. The fourth-order valence-corrected chi connectivity index (χ4v) is 4.04. The van der Waals surface area contributed by atoms with Gasteiger partial charge < -0.3 is 4.90 Å². The Balaban J connectivity index is 1.73. The summed E-state index contributed by atoms with van der Waals surface area (Å²) in [6, 6.07) is 7.65. The van der Waals surface area contributed by atoms with Crippen LogP contribution in [0.2, 0.25) is 0 Å². The van der Waals surface area contributed by atoms with E-state index in [1.54, 1.807) is 29.3 Å². The summed E-state index contributed by atoms with van der Waals surface area (Å²) in [5.74, 6) is -0.107. The molecule has 1 fully saturated rings. The minimum absolute atomic E-state index is 0.107. The lowest BCUT2D eigenvalue weighted by atomic mass is 9.91. The van der Waals surface area contributed by atoms with E-state index < -0.39 is 17.3 Å². The first kappa shape index (κ1) is 22.2. The van der Waals surface area contributed by atoms with Gasteiger partial charge in [-0.1, -0.05) is 26.8 Å². The van der Waals surface area contributed by atoms with E-state index in [2.05, 4.69) is 15.1 Å². The second-order valence-corrected chi connectivity index (χ2v) is 9.21. The molecule has 4 heterocycles. The van der Waals surface area contributed by atoms with E-state index in [4.69, 9.17) is 0 Å². The van der Waals surface area contributed by atoms with Gasteiger partial charge in [0, 0.05) is 29.9 Å². The van der Waals surface area contributed by atoms with E-state index in [-0.39, 0.29) is 24.0 Å². The molecule has 1 saturated heterocycles. The topological polar surface area (TPSA) is 63.4 Å². The normalized spacial score (nSPS) is 17.7. The third kappa shape index (κ3) is 4.47. The number of pyridine rings is 1. The Hall–Kier alpha value is -2.97. The van der Waals surface area contributed by atoms with Gasteiger partial charge >= 0.3 is 6.18 Å². The molecule has 1 aliphatic heterocycles. The Morgan fingerprint density at radius 1 is 1.16 bits per heavy atom. The number of aromatic nitrogens is 4. The maximum absolute atomic E-state index is 13.8. The van der Waals surface area contributed by atoms with Crippen molar-refractivity contribution in [2.45, 2.75) is 64.1 Å². The van der Waals surface area contributed by atoms with Crippen molar-refractivity contribution in [3.05, 3.63) is 59.3 Å². The van der Waals surface area contributed by atoms with Gasteiger partial charge in [-0.05, 0) is 37.5 Å². The van der Waals surface area contributed by atoms with Crippen molar-refractivity contribution in [1.82, 2.24) is 24.5 Å². The number of hydrogen-bond donors (Lipinski definition) is 0. The fourth-order valence-electron chi connectivity index (χ4n) is 4.04. The number of nitrogens with zero attached hydrogens (tertiary/aromatic N) is 5. The van der Waals surface area contributed by atoms with Crippen molar-refractivity contribution in [1.29, 1.82) is 0 Å². The predicted octanol–water partition coefficient (Wildman–Crippen LogP) is 4.74. The SMILES string of the molecule is CC(C)(C)c1cc(C(F)(F)F)n2nc([C@H]3CCCCN3C(=O)Cc3ccccn3)cc2n1. The summed E-state index contributed by atoms with van der Waals surface area (Å²) in [5, 5.41) is 4.29. The van der Waals surface area contributed by atoms with Gasteiger partial charge in [0.2, 0.25) is 5.91 Å². The van der Waals surface area contributed by atoms with Gasteiger partial charge in [0.05, 0.1) is 23.9 Å². The predicted molar refractivity (Wildman–Crippen MR) is 113 cm³/mol. The third-order valence-electron chi connectivity index (χ3n) is 5.73. The summed E-state index contributed by atoms with van der Waals surface area (Å²) in [5.41, 5.74) is 0.163. The highest BCUT2D eigenvalue weighted by molar-refractivity contribution is 5.79. The lowest BCUT2D eigenvalue weighted by molar-refractivity contribution is -0.143. The molecule has 1 aliphatic rings. The zero-order chi connectivity index (χ0) is 23.1. The number of rotatable bonds is 3. The summed E-state index contributed by atoms with van der Waals surface area (Å²) in [7, 11) is 0. The first-order valence-electron chi connectivity index (χ1n) is 10.7. The monoisotopic (exact) mass is 445 g/mol. The lowest BCUT2D eigenvalue weighted by Gasteiger charge is -2.34. The number of hydrogen-bond acceptors (Lipinski definition) is 4. The molecule has 3 aromatic heterocycles. The number of amides is 1. The van der Waals surface area contributed by atoms with Gasteiger partial charge in [0.1, 0.15) is 5.69 Å². The number of piperidine rings is 1. The van der Waals surface area contributed by atoms with Gasteiger partial charge in [0.15, 0.2) is 5.65 Å². The van der Waals surface area contributed by atoms with Crippen molar-refractivity contribution >= 4 is 11.6 Å². The van der Waals surface area contributed by atoms with Crippen LogP contribution in [-0.2, 0) is 22.8 Å². The zero-order valence-electron chi connectivity index (χ0n) is 18.4. The Kier molecular flexibility index (Phi) is 5.68. The van der Waals surface area contributed by atoms with Crippen LogP contribution < -0.4 is 0 Å². The number of fused-ring (bicyclic) bond motifs is 1. The standard InChI is InChI=1S/C23H26F3N5O/c1-22(2,3)18-14-19(23(24,25)26)31-20(28-18)13-16(29-31)17-9-5-7-11-30(17)21(32)12-15-8-4-6-10-27-15/h4,6,8,10,13-14,17H,5,7,9,11-12H2,1-3H3/t17-/m1/s1. The molecule has 0 bridgehead atoms. The maximum atomic E-state index is 13.8. The highest BCUT2D eigenvalue weighted by Gasteiger charge is 2.37. The van der Waals surface area contributed by atoms with Gasteiger partial charge in [-0.25, -0.2) is 9.50 Å². The number of carbonyl (C=O) groups excluding carboxylic acids is 1. The minimum atomic E-state index is -4.58. The molecule has 0 radical (unpaired) electrons. The van der Waals surface area contributed by atoms with E-state index in [0.717, 1.165) is 23.4 Å². The summed E-state index contributed by atoms with van der Waals surface area (Å²) in [6.07, 6.45) is -0.436. The highest BCUT2D eigenvalue weighted by atomic mass is 19.4. The van der Waals surface area contributed by atoms with Gasteiger partial charge in [-0.3, -0.25) is 9.78 Å². The van der Waals surface area contributed by atoms with Crippen LogP contribution in [-0.4, -0.2) is 36.9 Å². The van der Waals surface area contributed by atoms with Crippen molar-refractivity contribution in [2.24, 2.45) is 0 Å². The van der Waals surface area contributed by atoms with Crippen LogP contribution >= 0.6 is 0 Å². The number of carbonyl (C=O) groups is 1. The Bertz CT molecular complexity index is 1120. The Labute approximate surface area is 184 Å². The van der Waals surface area contributed by atoms with E-state index in [9.17, 15) is 18.0 Å². The quantitative estimate of drug-likeness (QED) is 0.584. The second kappa shape index (κ2) is 8.18. The first-order valence-corrected chi connectivity index (χ1v) is 10.7. The molecule has 0 N–H and O–H groups in total. The average Bonchev–Trinajstić information content (AvgIpc) is 3.16. The summed E-state index contributed by atoms with van der Waals surface area (Å²) in [4.78, 5) is 23.4. The summed E-state index contributed by atoms with van der Waals surface area (Å²) in [6.45, 7) is 6.00. The molecule has 4 rings (SSSR count). The molecule has 6 nitrogen and oxygen atoms in total. The fraction of sp³-hybridized carbons (Fsp3) is 0.478. The van der Waals surface area contributed by atoms with Crippen molar-refractivity contribution in [3.63, 3.8) is 0 Å². The van der Waals surface area contributed by atoms with Crippen molar-refractivity contribution in [2.75, 3.05) is 6.54 Å². The van der Waals surface area contributed by atoms with Crippen LogP contribution in [0.1, 0.15) is 68.9 Å². The van der Waals surface area contributed by atoms with Crippen LogP contribution in [0.25, 0.3) is 5.65 Å². The lowest BCUT2D eigenvalue weighted by Crippen LogP contribution is -2.39. The van der Waals surface area contributed by atoms with Crippen LogP contribution in [0.4, 0.5) is 13.2 Å². The molecule has 0 aliphatic carbocycles. The molecule has 1 atom stereocenters. The van der Waals surface area contributed by atoms with Crippen LogP contribution in [0.3, 0.4) is 0 Å². The minimum Gasteiger partial charge on any atom is -0.334 e. The summed E-state index contributed by atoms with van der Waals surface area (Å²) >= 11 is 0. The molecule has 1 amide bonds. The largest absolute Gasteiger partial charge is 0.433 e. The average molecular weight is 445 g/mol. The highest BCUT2D eigenvalue weighted by Crippen LogP contribution is 2.35. The third-order valence-corrected chi connectivity index (χ3v) is 5.73. The Morgan fingerprint density at radius 2 is 1.94 bits per heavy atom. The Morgan fingerprint density at radius 3 is 2.59 bits per heavy atom. The zero-order valence-corrected chi connectivity index (χ0v) is 18.4. The molecule has 0 aromatic carbocycles. The van der Waals surface area contributed by atoms with Crippen LogP contribution in [0.15, 0.2) is 36.5 Å². The molecule has 170 valence electrons. The molecule has 0 saturated carbocycles. The van der Waals surface area contributed by atoms with Crippen molar-refractivity contribution < 1.29 is 18.0 Å². The summed E-state index contributed by atoms with van der Waals surface area (Å²) < 4.78 is 42.3.